The van der Waals surface area contributed by atoms with Crippen LogP contribution in [-0.2, 0) is 6.54 Å². The fraction of sp³-hybridized carbons (Fsp3) is 0.0800. The molecule has 5 aromatic rings. The third-order valence-electron chi connectivity index (χ3n) is 5.48. The maximum absolute atomic E-state index is 13.3. The van der Waals surface area contributed by atoms with E-state index in [9.17, 15) is 14.0 Å². The van der Waals surface area contributed by atoms with Gasteiger partial charge in [-0.2, -0.15) is 0 Å². The normalized spacial score (nSPS) is 11.2. The molecule has 1 amide bonds. The van der Waals surface area contributed by atoms with Gasteiger partial charge in [-0.05, 0) is 66.4 Å². The summed E-state index contributed by atoms with van der Waals surface area (Å²) in [5.74, 6) is -0.603. The summed E-state index contributed by atoms with van der Waals surface area (Å²) in [5.41, 5.74) is 2.90. The van der Waals surface area contributed by atoms with Crippen molar-refractivity contribution in [2.24, 2.45) is 0 Å². The number of pyridine rings is 1. The highest BCUT2D eigenvalue weighted by atomic mass is 32.2. The van der Waals surface area contributed by atoms with Gasteiger partial charge in [-0.25, -0.2) is 9.07 Å². The molecule has 2 heterocycles. The van der Waals surface area contributed by atoms with E-state index in [0.717, 1.165) is 10.5 Å². The summed E-state index contributed by atoms with van der Waals surface area (Å²) in [4.78, 5) is 31.2. The first-order valence-corrected chi connectivity index (χ1v) is 11.5. The van der Waals surface area contributed by atoms with Gasteiger partial charge in [0.25, 0.3) is 11.5 Å². The van der Waals surface area contributed by atoms with Crippen LogP contribution in [-0.4, -0.2) is 26.9 Å². The Bertz CT molecular complexity index is 1540. The molecule has 3 aromatic carbocycles. The zero-order valence-corrected chi connectivity index (χ0v) is 18.4. The van der Waals surface area contributed by atoms with Crippen LogP contribution in [0.1, 0.15) is 15.9 Å². The number of nitrogens with zero attached hydrogens (tertiary/aromatic N) is 2. The maximum Gasteiger partial charge on any atom is 0.280 e. The van der Waals surface area contributed by atoms with Crippen LogP contribution in [0.3, 0.4) is 0 Å². The van der Waals surface area contributed by atoms with Crippen LogP contribution >= 0.6 is 11.8 Å². The second-order valence-electron chi connectivity index (χ2n) is 7.54. The summed E-state index contributed by atoms with van der Waals surface area (Å²) >= 11 is 1.67. The van der Waals surface area contributed by atoms with Crippen molar-refractivity contribution in [2.75, 3.05) is 6.26 Å². The quantitative estimate of drug-likeness (QED) is 0.376. The number of nitrogens with one attached hydrogen (secondary N) is 2. The summed E-state index contributed by atoms with van der Waals surface area (Å²) in [7, 11) is 0. The number of rotatable bonds is 5. The van der Waals surface area contributed by atoms with Crippen LogP contribution < -0.4 is 10.9 Å². The van der Waals surface area contributed by atoms with Crippen molar-refractivity contribution in [3.63, 3.8) is 0 Å². The number of carbonyl (C=O) groups excluding carboxylic acids is 1. The van der Waals surface area contributed by atoms with Gasteiger partial charge in [0.1, 0.15) is 5.82 Å². The molecular weight excluding hydrogens is 439 g/mol. The highest BCUT2D eigenvalue weighted by molar-refractivity contribution is 7.98. The number of hydrogen-bond acceptors (Lipinski definition) is 4. The zero-order chi connectivity index (χ0) is 22.9. The standard InChI is InChI=1S/C25H19FN4O2S/c1-33-19-9-2-15(3-10-19)13-28-24(31)16-4-11-22-20(12-16)23-21(14-27-22)25(32)30(29-23)18-7-5-17(26)6-8-18/h2-12,14,29H,13H2,1H3,(H,28,31). The SMILES string of the molecule is CSc1ccc(CNC(=O)c2ccc3ncc4c(=O)n(-c5ccc(F)cc5)[nH]c4c3c2)cc1. The first kappa shape index (κ1) is 21.0. The number of carbonyl (C=O) groups is 1. The number of amides is 1. The molecule has 5 rings (SSSR count). The van der Waals surface area contributed by atoms with Crippen LogP contribution in [0.25, 0.3) is 27.5 Å². The molecule has 0 spiro atoms. The Morgan fingerprint density at radius 1 is 1.06 bits per heavy atom. The Morgan fingerprint density at radius 2 is 1.82 bits per heavy atom. The van der Waals surface area contributed by atoms with E-state index in [1.807, 2.05) is 30.5 Å². The topological polar surface area (TPSA) is 79.8 Å². The molecule has 8 heteroatoms. The smallest absolute Gasteiger partial charge is 0.280 e. The van der Waals surface area contributed by atoms with Crippen molar-refractivity contribution < 1.29 is 9.18 Å². The fourth-order valence-electron chi connectivity index (χ4n) is 3.70. The van der Waals surface area contributed by atoms with Crippen LogP contribution in [0.4, 0.5) is 4.39 Å². The third kappa shape index (κ3) is 4.01. The zero-order valence-electron chi connectivity index (χ0n) is 17.6. The molecule has 0 radical (unpaired) electrons. The molecule has 0 unspecified atom stereocenters. The minimum atomic E-state index is -0.383. The number of benzene rings is 3. The minimum Gasteiger partial charge on any atom is -0.348 e. The van der Waals surface area contributed by atoms with Crippen LogP contribution in [0.5, 0.6) is 0 Å². The lowest BCUT2D eigenvalue weighted by molar-refractivity contribution is 0.0951. The molecule has 0 bridgehead atoms. The average Bonchev–Trinajstić information content (AvgIpc) is 3.19. The number of H-pyrrole nitrogens is 1. The molecule has 0 saturated heterocycles. The average molecular weight is 459 g/mol. The van der Waals surface area contributed by atoms with E-state index in [-0.39, 0.29) is 17.3 Å². The predicted molar refractivity (Wildman–Crippen MR) is 129 cm³/mol. The van der Waals surface area contributed by atoms with E-state index in [1.54, 1.807) is 30.0 Å². The summed E-state index contributed by atoms with van der Waals surface area (Å²) < 4.78 is 14.6. The molecular formula is C25H19FN4O2S. The van der Waals surface area contributed by atoms with E-state index in [1.165, 1.54) is 35.1 Å². The lowest BCUT2D eigenvalue weighted by Crippen LogP contribution is -2.22. The number of halogens is 1. The van der Waals surface area contributed by atoms with Gasteiger partial charge in [0.05, 0.1) is 22.1 Å². The molecule has 0 aliphatic carbocycles. The lowest BCUT2D eigenvalue weighted by Gasteiger charge is -2.07. The van der Waals surface area contributed by atoms with Gasteiger partial charge in [-0.1, -0.05) is 12.1 Å². The third-order valence-corrected chi connectivity index (χ3v) is 6.23. The van der Waals surface area contributed by atoms with Crippen molar-refractivity contribution in [2.45, 2.75) is 11.4 Å². The molecule has 0 aliphatic heterocycles. The molecule has 0 saturated carbocycles. The lowest BCUT2D eigenvalue weighted by atomic mass is 10.1. The van der Waals surface area contributed by atoms with E-state index < -0.39 is 0 Å². The molecule has 6 nitrogen and oxygen atoms in total. The second-order valence-corrected chi connectivity index (χ2v) is 8.42. The Labute approximate surface area is 192 Å². The van der Waals surface area contributed by atoms with Gasteiger partial charge in [0.15, 0.2) is 0 Å². The number of hydrogen-bond donors (Lipinski definition) is 2. The van der Waals surface area contributed by atoms with Crippen LogP contribution in [0.2, 0.25) is 0 Å². The van der Waals surface area contributed by atoms with Gasteiger partial charge in [-0.3, -0.25) is 19.7 Å². The molecule has 2 N–H and O–H groups in total. The minimum absolute atomic E-state index is 0.219. The monoisotopic (exact) mass is 458 g/mol. The van der Waals surface area contributed by atoms with Crippen molar-refractivity contribution >= 4 is 39.5 Å². The van der Waals surface area contributed by atoms with E-state index >= 15 is 0 Å². The Kier molecular flexibility index (Phi) is 5.43. The number of aromatic nitrogens is 3. The molecule has 33 heavy (non-hydrogen) atoms. The van der Waals surface area contributed by atoms with Gasteiger partial charge in [0.2, 0.25) is 0 Å². The van der Waals surface area contributed by atoms with Crippen molar-refractivity contribution in [1.82, 2.24) is 20.1 Å². The van der Waals surface area contributed by atoms with Gasteiger partial charge < -0.3 is 5.32 Å². The van der Waals surface area contributed by atoms with Gasteiger partial charge in [-0.15, -0.1) is 11.8 Å². The molecule has 0 aliphatic rings. The maximum atomic E-state index is 13.3. The molecule has 0 atom stereocenters. The molecule has 0 fully saturated rings. The summed E-state index contributed by atoms with van der Waals surface area (Å²) in [6.45, 7) is 0.408. The fourth-order valence-corrected chi connectivity index (χ4v) is 4.11. The predicted octanol–water partition coefficient (Wildman–Crippen LogP) is 4.66. The molecule has 164 valence electrons. The van der Waals surface area contributed by atoms with Crippen molar-refractivity contribution in [1.29, 1.82) is 0 Å². The van der Waals surface area contributed by atoms with Crippen molar-refractivity contribution in [3.8, 4) is 5.69 Å². The summed E-state index contributed by atoms with van der Waals surface area (Å²) in [6, 6.07) is 18.8. The largest absolute Gasteiger partial charge is 0.348 e. The van der Waals surface area contributed by atoms with Crippen LogP contribution in [0, 0.1) is 5.82 Å². The number of thioether (sulfide) groups is 1. The van der Waals surface area contributed by atoms with E-state index in [0.29, 0.717) is 39.6 Å². The second kappa shape index (κ2) is 8.55. The van der Waals surface area contributed by atoms with E-state index in [2.05, 4.69) is 15.4 Å². The highest BCUT2D eigenvalue weighted by Gasteiger charge is 2.14. The first-order valence-electron chi connectivity index (χ1n) is 10.2. The van der Waals surface area contributed by atoms with E-state index in [4.69, 9.17) is 0 Å². The summed E-state index contributed by atoms with van der Waals surface area (Å²) in [5, 5.41) is 7.06. The van der Waals surface area contributed by atoms with Gasteiger partial charge >= 0.3 is 0 Å². The molecule has 2 aromatic heterocycles. The summed E-state index contributed by atoms with van der Waals surface area (Å²) in [6.07, 6.45) is 3.53. The highest BCUT2D eigenvalue weighted by Crippen LogP contribution is 2.23. The Balaban J connectivity index is 1.48. The van der Waals surface area contributed by atoms with Crippen molar-refractivity contribution in [3.05, 3.63) is 100 Å². The Hall–Kier alpha value is -3.91. The van der Waals surface area contributed by atoms with Crippen LogP contribution in [0.15, 0.2) is 82.6 Å². The number of aromatic amines is 1. The number of fused-ring (bicyclic) bond motifs is 3. The van der Waals surface area contributed by atoms with Gasteiger partial charge in [0, 0.05) is 28.6 Å². The first-order chi connectivity index (χ1) is 16.0. The Morgan fingerprint density at radius 3 is 2.55 bits per heavy atom.